The van der Waals surface area contributed by atoms with Gasteiger partial charge in [0.2, 0.25) is 10.0 Å². The predicted octanol–water partition coefficient (Wildman–Crippen LogP) is 0.923. The third kappa shape index (κ3) is 4.23. The van der Waals surface area contributed by atoms with E-state index in [-0.39, 0.29) is 16.7 Å². The maximum Gasteiger partial charge on any atom is 0.250 e. The van der Waals surface area contributed by atoms with Crippen molar-refractivity contribution in [1.82, 2.24) is 14.3 Å². The number of H-pyrrole nitrogens is 1. The lowest BCUT2D eigenvalue weighted by Crippen LogP contribution is -2.42. The van der Waals surface area contributed by atoms with Gasteiger partial charge in [-0.2, -0.15) is 4.31 Å². The SMILES string of the molecule is O=c1cc(CC2COCCN(S(=O)(=O)C3CCCCC3)C2)nc[nH]1. The number of hydrogen-bond donors (Lipinski definition) is 1. The molecule has 7 nitrogen and oxygen atoms in total. The first-order chi connectivity index (χ1) is 11.6. The zero-order chi connectivity index (χ0) is 17.0. The van der Waals surface area contributed by atoms with E-state index in [2.05, 4.69) is 9.97 Å². The van der Waals surface area contributed by atoms with Crippen LogP contribution >= 0.6 is 0 Å². The molecule has 2 heterocycles. The summed E-state index contributed by atoms with van der Waals surface area (Å²) in [6.45, 7) is 1.77. The molecule has 1 N–H and O–H groups in total. The van der Waals surface area contributed by atoms with E-state index >= 15 is 0 Å². The summed E-state index contributed by atoms with van der Waals surface area (Å²) in [6, 6.07) is 1.46. The number of ether oxygens (including phenoxy) is 1. The Balaban J connectivity index is 1.71. The molecule has 0 radical (unpaired) electrons. The highest BCUT2D eigenvalue weighted by atomic mass is 32.2. The molecule has 0 spiro atoms. The van der Waals surface area contributed by atoms with E-state index in [1.165, 1.54) is 12.4 Å². The van der Waals surface area contributed by atoms with Gasteiger partial charge < -0.3 is 9.72 Å². The molecule has 1 aliphatic carbocycles. The van der Waals surface area contributed by atoms with Crippen molar-refractivity contribution < 1.29 is 13.2 Å². The van der Waals surface area contributed by atoms with Gasteiger partial charge in [-0.05, 0) is 19.3 Å². The highest BCUT2D eigenvalue weighted by molar-refractivity contribution is 7.89. The van der Waals surface area contributed by atoms with Crippen LogP contribution in [0, 0.1) is 5.92 Å². The van der Waals surface area contributed by atoms with Gasteiger partial charge in [0, 0.05) is 30.8 Å². The number of aromatic nitrogens is 2. The van der Waals surface area contributed by atoms with Crippen molar-refractivity contribution in [1.29, 1.82) is 0 Å². The van der Waals surface area contributed by atoms with Crippen LogP contribution in [0.1, 0.15) is 37.8 Å². The summed E-state index contributed by atoms with van der Waals surface area (Å²) in [5, 5.41) is -0.248. The summed E-state index contributed by atoms with van der Waals surface area (Å²) in [7, 11) is -3.28. The summed E-state index contributed by atoms with van der Waals surface area (Å²) in [5.41, 5.74) is 0.477. The molecule has 1 aromatic rings. The third-order valence-corrected chi connectivity index (χ3v) is 7.23. The Labute approximate surface area is 142 Å². The predicted molar refractivity (Wildman–Crippen MR) is 90.2 cm³/mol. The smallest absolute Gasteiger partial charge is 0.250 e. The average Bonchev–Trinajstić information content (AvgIpc) is 2.82. The second-order valence-electron chi connectivity index (χ2n) is 6.71. The molecule has 1 saturated heterocycles. The van der Waals surface area contributed by atoms with E-state index in [1.807, 2.05) is 0 Å². The van der Waals surface area contributed by atoms with Gasteiger partial charge in [0.1, 0.15) is 0 Å². The van der Waals surface area contributed by atoms with E-state index in [0.717, 1.165) is 32.1 Å². The molecule has 1 aromatic heterocycles. The minimum atomic E-state index is -3.28. The molecule has 2 fully saturated rings. The van der Waals surface area contributed by atoms with E-state index in [1.54, 1.807) is 4.31 Å². The van der Waals surface area contributed by atoms with Crippen LogP contribution in [0.5, 0.6) is 0 Å². The molecule has 134 valence electrons. The number of nitrogens with zero attached hydrogens (tertiary/aromatic N) is 2. The van der Waals surface area contributed by atoms with Crippen molar-refractivity contribution in [2.75, 3.05) is 26.3 Å². The number of aromatic amines is 1. The molecule has 1 saturated carbocycles. The number of hydrogen-bond acceptors (Lipinski definition) is 5. The van der Waals surface area contributed by atoms with Crippen molar-refractivity contribution >= 4 is 10.0 Å². The van der Waals surface area contributed by atoms with Crippen LogP contribution in [-0.2, 0) is 21.2 Å². The molecule has 0 amide bonds. The van der Waals surface area contributed by atoms with Gasteiger partial charge in [0.25, 0.3) is 5.56 Å². The normalized spacial score (nSPS) is 24.6. The molecule has 0 aromatic carbocycles. The first-order valence-electron chi connectivity index (χ1n) is 8.66. The van der Waals surface area contributed by atoms with Crippen molar-refractivity contribution in [3.05, 3.63) is 28.4 Å². The number of rotatable bonds is 4. The Kier molecular flexibility index (Phi) is 5.68. The lowest BCUT2D eigenvalue weighted by molar-refractivity contribution is 0.122. The molecular weight excluding hydrogens is 330 g/mol. The van der Waals surface area contributed by atoms with Crippen LogP contribution in [-0.4, -0.2) is 54.2 Å². The highest BCUT2D eigenvalue weighted by Crippen LogP contribution is 2.27. The van der Waals surface area contributed by atoms with Crippen molar-refractivity contribution in [2.45, 2.75) is 43.8 Å². The summed E-state index contributed by atoms with van der Waals surface area (Å²) >= 11 is 0. The Morgan fingerprint density at radius 2 is 2.08 bits per heavy atom. The van der Waals surface area contributed by atoms with Gasteiger partial charge in [0.15, 0.2) is 0 Å². The van der Waals surface area contributed by atoms with E-state index < -0.39 is 10.0 Å². The first-order valence-corrected chi connectivity index (χ1v) is 10.2. The van der Waals surface area contributed by atoms with Crippen molar-refractivity contribution in [3.8, 4) is 0 Å². The largest absolute Gasteiger partial charge is 0.380 e. The van der Waals surface area contributed by atoms with Crippen molar-refractivity contribution in [2.24, 2.45) is 5.92 Å². The van der Waals surface area contributed by atoms with Crippen LogP contribution in [0.4, 0.5) is 0 Å². The van der Waals surface area contributed by atoms with E-state index in [9.17, 15) is 13.2 Å². The van der Waals surface area contributed by atoms with Crippen LogP contribution in [0.25, 0.3) is 0 Å². The summed E-state index contributed by atoms with van der Waals surface area (Å²) in [4.78, 5) is 18.1. The maximum atomic E-state index is 12.9. The Morgan fingerprint density at radius 3 is 2.83 bits per heavy atom. The van der Waals surface area contributed by atoms with Crippen LogP contribution < -0.4 is 5.56 Å². The van der Waals surface area contributed by atoms with E-state index in [4.69, 9.17) is 4.74 Å². The third-order valence-electron chi connectivity index (χ3n) is 4.87. The fourth-order valence-corrected chi connectivity index (χ4v) is 5.69. The number of sulfonamides is 1. The topological polar surface area (TPSA) is 92.4 Å². The molecule has 1 atom stereocenters. The Bertz CT molecular complexity index is 697. The van der Waals surface area contributed by atoms with Gasteiger partial charge in [-0.15, -0.1) is 0 Å². The van der Waals surface area contributed by atoms with Crippen LogP contribution in [0.15, 0.2) is 17.2 Å². The minimum absolute atomic E-state index is 0.0140. The Hall–Kier alpha value is -1.25. The molecule has 24 heavy (non-hydrogen) atoms. The molecule has 2 aliphatic rings. The van der Waals surface area contributed by atoms with Crippen molar-refractivity contribution in [3.63, 3.8) is 0 Å². The van der Waals surface area contributed by atoms with Gasteiger partial charge >= 0.3 is 0 Å². The minimum Gasteiger partial charge on any atom is -0.380 e. The molecule has 1 aliphatic heterocycles. The molecule has 3 rings (SSSR count). The Morgan fingerprint density at radius 1 is 1.29 bits per heavy atom. The van der Waals surface area contributed by atoms with Gasteiger partial charge in [0.05, 0.1) is 24.8 Å². The lowest BCUT2D eigenvalue weighted by Gasteiger charge is -2.29. The lowest BCUT2D eigenvalue weighted by atomic mass is 10.0. The zero-order valence-electron chi connectivity index (χ0n) is 13.8. The standard InChI is InChI=1S/C16H25N3O4S/c20-16-9-14(17-12-18-16)8-13-10-19(6-7-23-11-13)24(21,22)15-4-2-1-3-5-15/h9,12-13,15H,1-8,10-11H2,(H,17,18,20). The van der Waals surface area contributed by atoms with Gasteiger partial charge in [-0.3, -0.25) is 4.79 Å². The molecule has 0 bridgehead atoms. The number of nitrogens with one attached hydrogen (secondary N) is 1. The summed E-state index contributed by atoms with van der Waals surface area (Å²) < 4.78 is 33.1. The quantitative estimate of drug-likeness (QED) is 0.867. The molecule has 1 unspecified atom stereocenters. The fourth-order valence-electron chi connectivity index (χ4n) is 3.59. The molecule has 8 heteroatoms. The highest BCUT2D eigenvalue weighted by Gasteiger charge is 2.35. The maximum absolute atomic E-state index is 12.9. The average molecular weight is 355 g/mol. The van der Waals surface area contributed by atoms with E-state index in [0.29, 0.717) is 38.4 Å². The fraction of sp³-hybridized carbons (Fsp3) is 0.750. The first kappa shape index (κ1) is 17.6. The monoisotopic (exact) mass is 355 g/mol. The second kappa shape index (κ2) is 7.76. The molecular formula is C16H25N3O4S. The zero-order valence-corrected chi connectivity index (χ0v) is 14.6. The second-order valence-corrected chi connectivity index (χ2v) is 8.92. The van der Waals surface area contributed by atoms with Gasteiger partial charge in [-0.1, -0.05) is 19.3 Å². The van der Waals surface area contributed by atoms with Crippen LogP contribution in [0.2, 0.25) is 0 Å². The summed E-state index contributed by atoms with van der Waals surface area (Å²) in [6.07, 6.45) is 6.57. The van der Waals surface area contributed by atoms with Gasteiger partial charge in [-0.25, -0.2) is 13.4 Å². The summed E-state index contributed by atoms with van der Waals surface area (Å²) in [5.74, 6) is 0.0140. The van der Waals surface area contributed by atoms with Crippen LogP contribution in [0.3, 0.4) is 0 Å².